The number of hydrogen-bond donors (Lipinski definition) is 1. The molecule has 0 bridgehead atoms. The monoisotopic (exact) mass is 392 g/mol. The van der Waals surface area contributed by atoms with Crippen molar-refractivity contribution >= 4 is 5.96 Å². The molecule has 1 N–H and O–H groups in total. The van der Waals surface area contributed by atoms with Crippen LogP contribution in [0.4, 0.5) is 8.78 Å². The molecule has 1 aliphatic heterocycles. The van der Waals surface area contributed by atoms with Gasteiger partial charge in [-0.1, -0.05) is 12.1 Å². The molecule has 3 rings (SSSR count). The normalized spacial score (nSPS) is 14.1. The van der Waals surface area contributed by atoms with E-state index in [1.54, 1.807) is 24.3 Å². The van der Waals surface area contributed by atoms with Crippen molar-refractivity contribution in [2.24, 2.45) is 4.99 Å². The van der Waals surface area contributed by atoms with Crippen molar-refractivity contribution < 1.29 is 13.5 Å². The highest BCUT2D eigenvalue weighted by Crippen LogP contribution is 2.17. The van der Waals surface area contributed by atoms with Crippen LogP contribution >= 0.6 is 0 Å². The molecule has 0 fully saturated rings. The molecule has 1 aliphatic rings. The number of ether oxygens (including phenoxy) is 1. The third-order valence-corrected chi connectivity index (χ3v) is 4.57. The summed E-state index contributed by atoms with van der Waals surface area (Å²) < 4.78 is 31.1. The largest absolute Gasteiger partial charge is 0.435 e. The van der Waals surface area contributed by atoms with E-state index in [0.29, 0.717) is 13.1 Å². The molecule has 2 aromatic rings. The molecule has 0 saturated heterocycles. The van der Waals surface area contributed by atoms with E-state index in [4.69, 9.17) is 4.99 Å². The molecule has 152 valence electrons. The summed E-state index contributed by atoms with van der Waals surface area (Å²) in [5.74, 6) is 2.83. The Balaban J connectivity index is 1.65. The summed E-state index contributed by atoms with van der Waals surface area (Å²) in [6.07, 6.45) is 3.28. The SMILES string of the molecule is CCNC(=NCc1nnc2n1CCCC2)N(C)Cc1ccc(OC(F)F)cc1. The maximum atomic E-state index is 12.3. The highest BCUT2D eigenvalue weighted by atomic mass is 19.3. The van der Waals surface area contributed by atoms with Crippen molar-refractivity contribution in [3.63, 3.8) is 0 Å². The second kappa shape index (κ2) is 9.48. The molecular formula is C19H26F2N6O. The summed E-state index contributed by atoms with van der Waals surface area (Å²) in [4.78, 5) is 6.69. The molecule has 0 aliphatic carbocycles. The number of halogens is 2. The highest BCUT2D eigenvalue weighted by Gasteiger charge is 2.16. The number of rotatable bonds is 7. The Morgan fingerprint density at radius 3 is 2.79 bits per heavy atom. The summed E-state index contributed by atoms with van der Waals surface area (Å²) in [6, 6.07) is 6.63. The lowest BCUT2D eigenvalue weighted by atomic mass is 10.2. The number of benzene rings is 1. The van der Waals surface area contributed by atoms with Gasteiger partial charge in [-0.05, 0) is 37.5 Å². The van der Waals surface area contributed by atoms with Crippen LogP contribution in [-0.4, -0.2) is 45.8 Å². The van der Waals surface area contributed by atoms with Crippen LogP contribution in [0.25, 0.3) is 0 Å². The number of aromatic nitrogens is 3. The zero-order chi connectivity index (χ0) is 19.9. The Morgan fingerprint density at radius 1 is 1.29 bits per heavy atom. The summed E-state index contributed by atoms with van der Waals surface area (Å²) in [7, 11) is 1.93. The van der Waals surface area contributed by atoms with Crippen molar-refractivity contribution in [1.82, 2.24) is 25.0 Å². The predicted molar refractivity (Wildman–Crippen MR) is 102 cm³/mol. The number of fused-ring (bicyclic) bond motifs is 1. The maximum Gasteiger partial charge on any atom is 0.387 e. The third-order valence-electron chi connectivity index (χ3n) is 4.57. The zero-order valence-corrected chi connectivity index (χ0v) is 16.2. The van der Waals surface area contributed by atoms with Gasteiger partial charge in [0.15, 0.2) is 11.8 Å². The van der Waals surface area contributed by atoms with Gasteiger partial charge in [0.25, 0.3) is 0 Å². The molecule has 1 aromatic heterocycles. The molecule has 7 nitrogen and oxygen atoms in total. The van der Waals surface area contributed by atoms with E-state index in [2.05, 4.69) is 24.8 Å². The van der Waals surface area contributed by atoms with E-state index in [0.717, 1.165) is 55.5 Å². The lowest BCUT2D eigenvalue weighted by Crippen LogP contribution is -2.38. The van der Waals surface area contributed by atoms with Crippen LogP contribution in [0.15, 0.2) is 29.3 Å². The topological polar surface area (TPSA) is 67.6 Å². The van der Waals surface area contributed by atoms with Crippen LogP contribution in [0.1, 0.15) is 37.0 Å². The van der Waals surface area contributed by atoms with Gasteiger partial charge in [0, 0.05) is 33.1 Å². The Kier molecular flexibility index (Phi) is 6.78. The van der Waals surface area contributed by atoms with Gasteiger partial charge in [-0.3, -0.25) is 0 Å². The number of alkyl halides is 2. The Morgan fingerprint density at radius 2 is 2.07 bits per heavy atom. The minimum atomic E-state index is -2.82. The fraction of sp³-hybridized carbons (Fsp3) is 0.526. The van der Waals surface area contributed by atoms with Crippen molar-refractivity contribution in [3.05, 3.63) is 41.5 Å². The molecule has 0 saturated carbocycles. The molecule has 0 spiro atoms. The van der Waals surface area contributed by atoms with Crippen molar-refractivity contribution in [2.45, 2.75) is 52.4 Å². The van der Waals surface area contributed by atoms with Gasteiger partial charge in [0.05, 0.1) is 0 Å². The summed E-state index contributed by atoms with van der Waals surface area (Å²) >= 11 is 0. The lowest BCUT2D eigenvalue weighted by molar-refractivity contribution is -0.0498. The van der Waals surface area contributed by atoms with E-state index in [1.165, 1.54) is 0 Å². The number of aryl methyl sites for hydroxylation is 1. The third kappa shape index (κ3) is 5.17. The average molecular weight is 392 g/mol. The fourth-order valence-electron chi connectivity index (χ4n) is 3.23. The first-order valence-electron chi connectivity index (χ1n) is 9.51. The second-order valence-electron chi connectivity index (χ2n) is 6.69. The first kappa shape index (κ1) is 20.0. The molecule has 28 heavy (non-hydrogen) atoms. The number of nitrogens with zero attached hydrogens (tertiary/aromatic N) is 5. The molecule has 2 heterocycles. The van der Waals surface area contributed by atoms with Crippen molar-refractivity contribution in [2.75, 3.05) is 13.6 Å². The van der Waals surface area contributed by atoms with Crippen molar-refractivity contribution in [3.8, 4) is 5.75 Å². The smallest absolute Gasteiger partial charge is 0.387 e. The zero-order valence-electron chi connectivity index (χ0n) is 16.2. The molecule has 0 atom stereocenters. The van der Waals surface area contributed by atoms with E-state index in [9.17, 15) is 8.78 Å². The van der Waals surface area contributed by atoms with Crippen molar-refractivity contribution in [1.29, 1.82) is 0 Å². The summed E-state index contributed by atoms with van der Waals surface area (Å²) in [5.41, 5.74) is 0.967. The number of nitrogens with one attached hydrogen (secondary N) is 1. The number of guanidine groups is 1. The van der Waals surface area contributed by atoms with Crippen LogP contribution in [-0.2, 0) is 26.1 Å². The van der Waals surface area contributed by atoms with Gasteiger partial charge < -0.3 is 19.5 Å². The molecule has 1 aromatic carbocycles. The van der Waals surface area contributed by atoms with Crippen LogP contribution in [0.2, 0.25) is 0 Å². The first-order chi connectivity index (χ1) is 13.6. The lowest BCUT2D eigenvalue weighted by Gasteiger charge is -2.22. The van der Waals surface area contributed by atoms with Crippen LogP contribution in [0.3, 0.4) is 0 Å². The number of hydrogen-bond acceptors (Lipinski definition) is 4. The molecule has 0 radical (unpaired) electrons. The van der Waals surface area contributed by atoms with Gasteiger partial charge in [0.2, 0.25) is 0 Å². The molecule has 0 amide bonds. The molecule has 9 heteroatoms. The Hall–Kier alpha value is -2.71. The van der Waals surface area contributed by atoms with Gasteiger partial charge in [-0.2, -0.15) is 8.78 Å². The minimum Gasteiger partial charge on any atom is -0.435 e. The minimum absolute atomic E-state index is 0.151. The van der Waals surface area contributed by atoms with Gasteiger partial charge >= 0.3 is 6.61 Å². The standard InChI is InChI=1S/C19H26F2N6O/c1-3-22-19(23-12-17-25-24-16-6-4-5-11-27(16)17)26(2)13-14-7-9-15(10-8-14)28-18(20)21/h7-10,18H,3-6,11-13H2,1-2H3,(H,22,23). The average Bonchev–Trinajstić information content (AvgIpc) is 3.09. The van der Waals surface area contributed by atoms with E-state index >= 15 is 0 Å². The van der Waals surface area contributed by atoms with Crippen LogP contribution < -0.4 is 10.1 Å². The molecule has 0 unspecified atom stereocenters. The quantitative estimate of drug-likeness (QED) is 0.580. The van der Waals surface area contributed by atoms with E-state index in [1.807, 2.05) is 18.9 Å². The number of aliphatic imine (C=N–C) groups is 1. The molecular weight excluding hydrogens is 366 g/mol. The van der Waals surface area contributed by atoms with Gasteiger partial charge in [0.1, 0.15) is 18.1 Å². The fourth-order valence-corrected chi connectivity index (χ4v) is 3.23. The maximum absolute atomic E-state index is 12.3. The van der Waals surface area contributed by atoms with Gasteiger partial charge in [-0.15, -0.1) is 10.2 Å². The van der Waals surface area contributed by atoms with Crippen LogP contribution in [0, 0.1) is 0 Å². The summed E-state index contributed by atoms with van der Waals surface area (Å²) in [6.45, 7) is 1.93. The van der Waals surface area contributed by atoms with E-state index in [-0.39, 0.29) is 5.75 Å². The summed E-state index contributed by atoms with van der Waals surface area (Å²) in [5, 5.41) is 11.8. The Labute approximate surface area is 163 Å². The van der Waals surface area contributed by atoms with E-state index < -0.39 is 6.61 Å². The second-order valence-corrected chi connectivity index (χ2v) is 6.69. The highest BCUT2D eigenvalue weighted by molar-refractivity contribution is 5.79. The Bertz CT molecular complexity index is 790. The first-order valence-corrected chi connectivity index (χ1v) is 9.51. The predicted octanol–water partition coefficient (Wildman–Crippen LogP) is 2.81. The van der Waals surface area contributed by atoms with Crippen LogP contribution in [0.5, 0.6) is 5.75 Å². The van der Waals surface area contributed by atoms with Gasteiger partial charge in [-0.25, -0.2) is 4.99 Å².